The van der Waals surface area contributed by atoms with E-state index in [2.05, 4.69) is 17.2 Å². The minimum absolute atomic E-state index is 0.133. The van der Waals surface area contributed by atoms with E-state index in [9.17, 15) is 19.2 Å². The van der Waals surface area contributed by atoms with Crippen LogP contribution < -0.4 is 15.4 Å². The Balaban J connectivity index is 1.35. The van der Waals surface area contributed by atoms with Crippen molar-refractivity contribution in [2.24, 2.45) is 0 Å². The Kier molecular flexibility index (Phi) is 7.23. The van der Waals surface area contributed by atoms with Crippen molar-refractivity contribution in [3.05, 3.63) is 87.7 Å². The van der Waals surface area contributed by atoms with E-state index < -0.39 is 23.8 Å². The molecule has 0 bridgehead atoms. The third-order valence-corrected chi connectivity index (χ3v) is 6.26. The number of amides is 4. The molecule has 2 aromatic carbocycles. The zero-order valence-corrected chi connectivity index (χ0v) is 20.0. The number of nitrogens with one attached hydrogen (secondary N) is 2. The third-order valence-electron chi connectivity index (χ3n) is 5.52. The fraction of sp³-hybridized carbons (Fsp3) is 0.200. The van der Waals surface area contributed by atoms with Crippen molar-refractivity contribution >= 4 is 46.8 Å². The van der Waals surface area contributed by atoms with Crippen LogP contribution in [0.2, 0.25) is 10.0 Å². The number of benzene rings is 2. The maximum Gasteiger partial charge on any atom is 0.297 e. The lowest BCUT2D eigenvalue weighted by atomic mass is 10.0. The van der Waals surface area contributed by atoms with Crippen molar-refractivity contribution in [1.29, 1.82) is 0 Å². The second kappa shape index (κ2) is 10.3. The molecule has 35 heavy (non-hydrogen) atoms. The summed E-state index contributed by atoms with van der Waals surface area (Å²) in [6.07, 6.45) is 1.99. The second-order valence-electron chi connectivity index (χ2n) is 8.12. The van der Waals surface area contributed by atoms with E-state index in [-0.39, 0.29) is 24.6 Å². The van der Waals surface area contributed by atoms with E-state index in [1.807, 2.05) is 0 Å². The molecule has 0 radical (unpaired) electrons. The first kappa shape index (κ1) is 24.5. The van der Waals surface area contributed by atoms with Gasteiger partial charge in [-0.2, -0.15) is 0 Å². The van der Waals surface area contributed by atoms with Crippen molar-refractivity contribution in [2.75, 3.05) is 0 Å². The predicted molar refractivity (Wildman–Crippen MR) is 129 cm³/mol. The first-order valence-electron chi connectivity index (χ1n) is 10.8. The van der Waals surface area contributed by atoms with Gasteiger partial charge in [0.15, 0.2) is 5.76 Å². The number of rotatable bonds is 7. The molecule has 2 aliphatic heterocycles. The number of hydrogen-bond donors (Lipinski definition) is 2. The lowest BCUT2D eigenvalue weighted by Crippen LogP contribution is -2.52. The molecule has 8 nitrogen and oxygen atoms in total. The number of carbonyl (C=O) groups is 4. The fourth-order valence-electron chi connectivity index (χ4n) is 3.78. The van der Waals surface area contributed by atoms with E-state index in [4.69, 9.17) is 27.9 Å². The smallest absolute Gasteiger partial charge is 0.297 e. The van der Waals surface area contributed by atoms with Gasteiger partial charge in [0.1, 0.15) is 11.8 Å². The summed E-state index contributed by atoms with van der Waals surface area (Å²) in [5.74, 6) is -1.80. The molecule has 2 aliphatic rings. The van der Waals surface area contributed by atoms with Crippen LogP contribution in [0.15, 0.2) is 66.6 Å². The Morgan fingerprint density at radius 1 is 1.11 bits per heavy atom. The third kappa shape index (κ3) is 5.72. The average Bonchev–Trinajstić information content (AvgIpc) is 3.08. The summed E-state index contributed by atoms with van der Waals surface area (Å²) in [7, 11) is 0. The topological polar surface area (TPSA) is 105 Å². The van der Waals surface area contributed by atoms with Crippen LogP contribution >= 0.6 is 23.2 Å². The molecule has 2 heterocycles. The van der Waals surface area contributed by atoms with Crippen molar-refractivity contribution in [2.45, 2.75) is 31.8 Å². The summed E-state index contributed by atoms with van der Waals surface area (Å²) in [6.45, 7) is 3.93. The number of piperidine rings is 1. The number of ether oxygens (including phenoxy) is 1. The molecule has 2 aromatic rings. The van der Waals surface area contributed by atoms with E-state index in [0.717, 1.165) is 22.1 Å². The average molecular weight is 514 g/mol. The van der Waals surface area contributed by atoms with Gasteiger partial charge in [0.2, 0.25) is 11.8 Å². The van der Waals surface area contributed by atoms with E-state index in [1.54, 1.807) is 42.5 Å². The molecule has 1 fully saturated rings. The number of carbonyl (C=O) groups excluding carboxylic acids is 4. The SMILES string of the molecule is C=C1CCC(N2C(=O)C=C(Oc3cccc(CNC(=O)Cc4ccc(Cl)c(Cl)c4)c3)C2=O)C(=O)N1. The zero-order valence-electron chi connectivity index (χ0n) is 18.5. The highest BCUT2D eigenvalue weighted by atomic mass is 35.5. The first-order valence-corrected chi connectivity index (χ1v) is 11.5. The molecule has 0 aliphatic carbocycles. The van der Waals surface area contributed by atoms with E-state index in [0.29, 0.717) is 34.3 Å². The van der Waals surface area contributed by atoms with Gasteiger partial charge in [-0.05, 0) is 48.2 Å². The van der Waals surface area contributed by atoms with Crippen LogP contribution in [0, 0.1) is 0 Å². The summed E-state index contributed by atoms with van der Waals surface area (Å²) in [6, 6.07) is 10.9. The minimum Gasteiger partial charge on any atom is -0.451 e. The molecule has 4 amide bonds. The van der Waals surface area contributed by atoms with E-state index >= 15 is 0 Å². The monoisotopic (exact) mass is 513 g/mol. The molecule has 1 unspecified atom stereocenters. The van der Waals surface area contributed by atoms with Gasteiger partial charge in [-0.15, -0.1) is 0 Å². The number of hydrogen-bond acceptors (Lipinski definition) is 5. The summed E-state index contributed by atoms with van der Waals surface area (Å²) in [5, 5.41) is 6.18. The zero-order chi connectivity index (χ0) is 25.1. The van der Waals surface area contributed by atoms with Gasteiger partial charge in [-0.1, -0.05) is 48.0 Å². The molecule has 0 saturated carbocycles. The lowest BCUT2D eigenvalue weighted by molar-refractivity contribution is -0.147. The van der Waals surface area contributed by atoms with Gasteiger partial charge in [0, 0.05) is 12.2 Å². The second-order valence-corrected chi connectivity index (χ2v) is 8.94. The van der Waals surface area contributed by atoms with Crippen LogP contribution in [0.4, 0.5) is 0 Å². The van der Waals surface area contributed by atoms with E-state index in [1.165, 1.54) is 0 Å². The lowest BCUT2D eigenvalue weighted by Gasteiger charge is -2.29. The van der Waals surface area contributed by atoms with Gasteiger partial charge in [0.05, 0.1) is 22.5 Å². The molecular weight excluding hydrogens is 493 g/mol. The number of imide groups is 1. The summed E-state index contributed by atoms with van der Waals surface area (Å²) < 4.78 is 5.66. The van der Waals surface area contributed by atoms with Gasteiger partial charge >= 0.3 is 0 Å². The quantitative estimate of drug-likeness (QED) is 0.552. The molecular formula is C25H21Cl2N3O5. The number of allylic oxidation sites excluding steroid dienone is 1. The maximum atomic E-state index is 12.8. The van der Waals surface area contributed by atoms with Crippen LogP contribution in [-0.4, -0.2) is 34.6 Å². The molecule has 0 aromatic heterocycles. The van der Waals surface area contributed by atoms with Crippen molar-refractivity contribution in [3.8, 4) is 5.75 Å². The predicted octanol–water partition coefficient (Wildman–Crippen LogP) is 3.28. The van der Waals surface area contributed by atoms with Crippen LogP contribution in [0.1, 0.15) is 24.0 Å². The largest absolute Gasteiger partial charge is 0.451 e. The molecule has 4 rings (SSSR count). The summed E-state index contributed by atoms with van der Waals surface area (Å²) in [4.78, 5) is 50.7. The normalized spacial score (nSPS) is 17.8. The maximum absolute atomic E-state index is 12.8. The van der Waals surface area contributed by atoms with Crippen molar-refractivity contribution in [3.63, 3.8) is 0 Å². The summed E-state index contributed by atoms with van der Waals surface area (Å²) >= 11 is 11.9. The van der Waals surface area contributed by atoms with Crippen molar-refractivity contribution in [1.82, 2.24) is 15.5 Å². The van der Waals surface area contributed by atoms with Crippen LogP contribution in [0.5, 0.6) is 5.75 Å². The van der Waals surface area contributed by atoms with Crippen LogP contribution in [0.3, 0.4) is 0 Å². The highest BCUT2D eigenvalue weighted by Gasteiger charge is 2.42. The van der Waals surface area contributed by atoms with Gasteiger partial charge in [-0.25, -0.2) is 0 Å². The van der Waals surface area contributed by atoms with Gasteiger partial charge in [0.25, 0.3) is 11.8 Å². The fourth-order valence-corrected chi connectivity index (χ4v) is 4.10. The minimum atomic E-state index is -0.907. The Hall–Kier alpha value is -3.62. The highest BCUT2D eigenvalue weighted by Crippen LogP contribution is 2.26. The first-order chi connectivity index (χ1) is 16.7. The summed E-state index contributed by atoms with van der Waals surface area (Å²) in [5.41, 5.74) is 2.01. The molecule has 0 spiro atoms. The highest BCUT2D eigenvalue weighted by molar-refractivity contribution is 6.42. The molecule has 180 valence electrons. The van der Waals surface area contributed by atoms with Gasteiger partial charge < -0.3 is 15.4 Å². The Morgan fingerprint density at radius 3 is 2.66 bits per heavy atom. The molecule has 1 atom stereocenters. The Bertz CT molecular complexity index is 1270. The number of halogens is 2. The van der Waals surface area contributed by atoms with Crippen LogP contribution in [-0.2, 0) is 32.1 Å². The Morgan fingerprint density at radius 2 is 1.91 bits per heavy atom. The van der Waals surface area contributed by atoms with Gasteiger partial charge in [-0.3, -0.25) is 24.1 Å². The molecule has 1 saturated heterocycles. The Labute approximate surface area is 211 Å². The molecule has 2 N–H and O–H groups in total. The van der Waals surface area contributed by atoms with Crippen LogP contribution in [0.25, 0.3) is 0 Å². The number of nitrogens with zero attached hydrogens (tertiary/aromatic N) is 1. The molecule has 10 heteroatoms. The van der Waals surface area contributed by atoms with Crippen molar-refractivity contribution < 1.29 is 23.9 Å². The standard InChI is InChI=1S/C25H21Cl2N3O5/c1-14-5-8-20(24(33)29-14)30-23(32)12-21(25(30)34)35-17-4-2-3-16(9-17)13-28-22(31)11-15-6-7-18(26)19(27)10-15/h2-4,6-7,9-10,12,20H,1,5,8,11,13H2,(H,28,31)(H,29,33).